The number of amides is 2. The first-order valence-corrected chi connectivity index (χ1v) is 6.75. The van der Waals surface area contributed by atoms with Gasteiger partial charge in [-0.25, -0.2) is 0 Å². The Kier molecular flexibility index (Phi) is 3.21. The fourth-order valence-electron chi connectivity index (χ4n) is 2.79. The molecule has 0 saturated carbocycles. The lowest BCUT2D eigenvalue weighted by atomic mass is 10.1. The van der Waals surface area contributed by atoms with Crippen LogP contribution in [0.3, 0.4) is 0 Å². The van der Waals surface area contributed by atoms with Gasteiger partial charge in [-0.05, 0) is 18.1 Å². The van der Waals surface area contributed by atoms with E-state index in [-0.39, 0.29) is 24.3 Å². The third-order valence-electron chi connectivity index (χ3n) is 3.81. The summed E-state index contributed by atoms with van der Waals surface area (Å²) < 4.78 is 0. The molecule has 3 rings (SSSR count). The Labute approximate surface area is 112 Å². The van der Waals surface area contributed by atoms with Crippen molar-refractivity contribution in [2.24, 2.45) is 0 Å². The highest BCUT2D eigenvalue weighted by Gasteiger charge is 2.32. The normalized spacial score (nSPS) is 22.0. The van der Waals surface area contributed by atoms with E-state index in [1.807, 2.05) is 28.4 Å². The van der Waals surface area contributed by atoms with Crippen LogP contribution in [0.25, 0.3) is 0 Å². The second-order valence-electron chi connectivity index (χ2n) is 5.05. The van der Waals surface area contributed by atoms with Crippen LogP contribution >= 0.6 is 0 Å². The molecule has 2 heterocycles. The van der Waals surface area contributed by atoms with E-state index >= 15 is 0 Å². The van der Waals surface area contributed by atoms with Crippen LogP contribution in [0.2, 0.25) is 0 Å². The molecule has 1 aromatic rings. The number of nitrogens with zero attached hydrogens (tertiary/aromatic N) is 1. The van der Waals surface area contributed by atoms with Gasteiger partial charge >= 0.3 is 0 Å². The second-order valence-corrected chi connectivity index (χ2v) is 5.05. The number of hydrogen-bond donors (Lipinski definition) is 2. The summed E-state index contributed by atoms with van der Waals surface area (Å²) in [7, 11) is 0. The fourth-order valence-corrected chi connectivity index (χ4v) is 2.79. The van der Waals surface area contributed by atoms with E-state index in [9.17, 15) is 9.59 Å². The second kappa shape index (κ2) is 5.01. The molecule has 3 N–H and O–H groups in total. The van der Waals surface area contributed by atoms with Crippen molar-refractivity contribution in [1.82, 2.24) is 5.32 Å². The van der Waals surface area contributed by atoms with Crippen molar-refractivity contribution in [1.29, 1.82) is 0 Å². The van der Waals surface area contributed by atoms with Crippen LogP contribution in [0.4, 0.5) is 5.69 Å². The minimum absolute atomic E-state index is 0.0212. The molecule has 100 valence electrons. The van der Waals surface area contributed by atoms with Crippen LogP contribution in [-0.2, 0) is 16.0 Å². The first kappa shape index (κ1) is 12.2. The van der Waals surface area contributed by atoms with E-state index in [2.05, 4.69) is 11.4 Å². The monoisotopic (exact) mass is 260 g/mol. The number of benzene rings is 1. The van der Waals surface area contributed by atoms with E-state index in [4.69, 9.17) is 0 Å². The van der Waals surface area contributed by atoms with Gasteiger partial charge in [0.15, 0.2) is 6.04 Å². The Morgan fingerprint density at radius 3 is 3.11 bits per heavy atom. The van der Waals surface area contributed by atoms with Gasteiger partial charge in [-0.3, -0.25) is 9.59 Å². The van der Waals surface area contributed by atoms with Crippen molar-refractivity contribution in [3.05, 3.63) is 29.8 Å². The van der Waals surface area contributed by atoms with Crippen molar-refractivity contribution in [3.8, 4) is 0 Å². The van der Waals surface area contributed by atoms with Crippen molar-refractivity contribution in [2.45, 2.75) is 18.9 Å². The van der Waals surface area contributed by atoms with Crippen LogP contribution < -0.4 is 15.5 Å². The van der Waals surface area contributed by atoms with Crippen molar-refractivity contribution >= 4 is 17.5 Å². The van der Waals surface area contributed by atoms with Gasteiger partial charge in [0.25, 0.3) is 5.91 Å². The maximum Gasteiger partial charge on any atom is 0.278 e. The number of quaternary nitrogens is 1. The zero-order valence-corrected chi connectivity index (χ0v) is 10.8. The van der Waals surface area contributed by atoms with Crippen LogP contribution in [0.5, 0.6) is 0 Å². The number of carbonyl (C=O) groups is 2. The summed E-state index contributed by atoms with van der Waals surface area (Å²) >= 11 is 0. The highest BCUT2D eigenvalue weighted by atomic mass is 16.2. The van der Waals surface area contributed by atoms with Crippen molar-refractivity contribution < 1.29 is 14.9 Å². The van der Waals surface area contributed by atoms with E-state index in [0.29, 0.717) is 6.54 Å². The number of hydrogen-bond acceptors (Lipinski definition) is 2. The molecular weight excluding hydrogens is 242 g/mol. The van der Waals surface area contributed by atoms with Crippen LogP contribution in [-0.4, -0.2) is 37.5 Å². The number of fused-ring (bicyclic) bond motifs is 1. The zero-order chi connectivity index (χ0) is 13.2. The summed E-state index contributed by atoms with van der Waals surface area (Å²) in [6.07, 6.45) is 1.18. The maximum atomic E-state index is 12.3. The molecular formula is C14H18N3O2+. The van der Waals surface area contributed by atoms with Crippen LogP contribution in [0, 0.1) is 0 Å². The molecule has 1 fully saturated rings. The molecule has 5 heteroatoms. The van der Waals surface area contributed by atoms with Crippen molar-refractivity contribution in [3.63, 3.8) is 0 Å². The highest BCUT2D eigenvalue weighted by Crippen LogP contribution is 2.27. The molecule has 0 bridgehead atoms. The number of rotatable bonds is 2. The molecule has 0 aliphatic carbocycles. The lowest BCUT2D eigenvalue weighted by molar-refractivity contribution is -0.678. The van der Waals surface area contributed by atoms with Gasteiger partial charge in [0.2, 0.25) is 5.91 Å². The smallest absolute Gasteiger partial charge is 0.278 e. The minimum atomic E-state index is -0.269. The van der Waals surface area contributed by atoms with E-state index in [0.717, 1.165) is 25.2 Å². The van der Waals surface area contributed by atoms with Gasteiger partial charge in [0.1, 0.15) is 0 Å². The number of nitrogens with two attached hydrogens (primary N) is 1. The molecule has 2 amide bonds. The summed E-state index contributed by atoms with van der Waals surface area (Å²) in [5.41, 5.74) is 2.22. The lowest BCUT2D eigenvalue weighted by Gasteiger charge is -2.23. The maximum absolute atomic E-state index is 12.3. The van der Waals surface area contributed by atoms with Gasteiger partial charge in [-0.2, -0.15) is 0 Å². The molecule has 2 aliphatic rings. The standard InChI is InChI=1S/C14H17N3O2/c18-13(9-11-14(19)16-7-6-15-11)17-8-5-10-3-1-2-4-12(10)17/h1-4,11,15H,5-9H2,(H,16,19)/p+1/t11-/m1/s1. The third-order valence-corrected chi connectivity index (χ3v) is 3.81. The molecule has 0 radical (unpaired) electrons. The predicted octanol–water partition coefficient (Wildman–Crippen LogP) is -0.972. The van der Waals surface area contributed by atoms with Gasteiger partial charge in [0, 0.05) is 12.2 Å². The highest BCUT2D eigenvalue weighted by molar-refractivity contribution is 5.98. The lowest BCUT2D eigenvalue weighted by Crippen LogP contribution is -2.96. The number of piperazine rings is 1. The van der Waals surface area contributed by atoms with Crippen LogP contribution in [0.1, 0.15) is 12.0 Å². The largest absolute Gasteiger partial charge is 0.345 e. The Balaban J connectivity index is 1.70. The topological polar surface area (TPSA) is 66.0 Å². The number of para-hydroxylation sites is 1. The molecule has 1 aromatic carbocycles. The SMILES string of the molecule is O=C1NCC[NH2+][C@@H]1CC(=O)N1CCc2ccccc21. The van der Waals surface area contributed by atoms with Gasteiger partial charge in [-0.15, -0.1) is 0 Å². The summed E-state index contributed by atoms with van der Waals surface area (Å²) in [5.74, 6) is 0.0235. The number of anilines is 1. The molecule has 1 atom stereocenters. The fraction of sp³-hybridized carbons (Fsp3) is 0.429. The summed E-state index contributed by atoms with van der Waals surface area (Å²) in [5, 5.41) is 4.76. The van der Waals surface area contributed by atoms with Gasteiger partial charge < -0.3 is 15.5 Å². The first-order valence-electron chi connectivity index (χ1n) is 6.75. The van der Waals surface area contributed by atoms with E-state index in [1.54, 1.807) is 0 Å². The quantitative estimate of drug-likeness (QED) is 0.718. The Morgan fingerprint density at radius 1 is 1.42 bits per heavy atom. The Hall–Kier alpha value is -1.88. The molecule has 2 aliphatic heterocycles. The molecule has 5 nitrogen and oxygen atoms in total. The van der Waals surface area contributed by atoms with E-state index in [1.165, 1.54) is 5.56 Å². The summed E-state index contributed by atoms with van der Waals surface area (Å²) in [6, 6.07) is 7.71. The van der Waals surface area contributed by atoms with E-state index < -0.39 is 0 Å². The van der Waals surface area contributed by atoms with Gasteiger partial charge in [-0.1, -0.05) is 18.2 Å². The van der Waals surface area contributed by atoms with Crippen LogP contribution in [0.15, 0.2) is 24.3 Å². The predicted molar refractivity (Wildman–Crippen MR) is 70.7 cm³/mol. The zero-order valence-electron chi connectivity index (χ0n) is 10.8. The number of nitrogens with one attached hydrogen (secondary N) is 1. The third kappa shape index (κ3) is 2.33. The summed E-state index contributed by atoms with van der Waals surface area (Å²) in [6.45, 7) is 2.27. The first-order chi connectivity index (χ1) is 9.25. The Morgan fingerprint density at radius 2 is 2.26 bits per heavy atom. The minimum Gasteiger partial charge on any atom is -0.345 e. The molecule has 19 heavy (non-hydrogen) atoms. The molecule has 1 saturated heterocycles. The molecule has 0 spiro atoms. The summed E-state index contributed by atoms with van der Waals surface area (Å²) in [4.78, 5) is 25.8. The van der Waals surface area contributed by atoms with Gasteiger partial charge in [0.05, 0.1) is 19.5 Å². The average molecular weight is 260 g/mol. The molecule has 0 aromatic heterocycles. The molecule has 0 unspecified atom stereocenters. The average Bonchev–Trinajstić information content (AvgIpc) is 2.85. The van der Waals surface area contributed by atoms with Crippen molar-refractivity contribution in [2.75, 3.05) is 24.5 Å². The Bertz CT molecular complexity index is 515. The number of carbonyl (C=O) groups excluding carboxylic acids is 2.